The van der Waals surface area contributed by atoms with Gasteiger partial charge in [0.25, 0.3) is 0 Å². The molecule has 0 aromatic carbocycles. The monoisotopic (exact) mass is 244 g/mol. The predicted octanol–water partition coefficient (Wildman–Crippen LogP) is -0.550. The fraction of sp³-hybridized carbons (Fsp3) is 0.900. The summed E-state index contributed by atoms with van der Waals surface area (Å²) in [6.45, 7) is 5.23. The predicted molar refractivity (Wildman–Crippen MR) is 67.2 cm³/mol. The normalized spacial score (nSPS) is 26.9. The van der Waals surface area contributed by atoms with Crippen LogP contribution in [0.5, 0.6) is 0 Å². The van der Waals surface area contributed by atoms with Crippen molar-refractivity contribution in [3.05, 3.63) is 0 Å². The van der Waals surface area contributed by atoms with Gasteiger partial charge in [-0.05, 0) is 19.4 Å². The largest absolute Gasteiger partial charge is 0.379 e. The molecule has 2 saturated heterocycles. The molecule has 0 bridgehead atoms. The van der Waals surface area contributed by atoms with Crippen molar-refractivity contribution in [1.82, 2.24) is 21.1 Å². The lowest BCUT2D eigenvalue weighted by Crippen LogP contribution is -2.51. The number of nitrogens with zero attached hydrogens (tertiary/aromatic N) is 1. The second-order valence-corrected chi connectivity index (χ2v) is 4.66. The van der Waals surface area contributed by atoms with Crippen LogP contribution in [0.3, 0.4) is 0 Å². The lowest BCUT2D eigenvalue weighted by Gasteiger charge is -2.28. The Morgan fingerprint density at radius 3 is 2.94 bits per heavy atom. The minimum absolute atomic E-state index is 0.435. The molecule has 5 nitrogen and oxygen atoms in total. The highest BCUT2D eigenvalue weighted by molar-refractivity contribution is 7.80. The first-order chi connectivity index (χ1) is 7.84. The Kier molecular flexibility index (Phi) is 4.92. The van der Waals surface area contributed by atoms with Crippen molar-refractivity contribution in [2.75, 3.05) is 39.4 Å². The van der Waals surface area contributed by atoms with Gasteiger partial charge in [-0.3, -0.25) is 5.32 Å². The SMILES string of the molecule is S=C(CNC1CCCN1)NN1CCOCC1. The molecule has 92 valence electrons. The van der Waals surface area contributed by atoms with Gasteiger partial charge < -0.3 is 15.5 Å². The number of hydrogen-bond donors (Lipinski definition) is 3. The summed E-state index contributed by atoms with van der Waals surface area (Å²) in [4.78, 5) is 0.857. The Balaban J connectivity index is 1.59. The fourth-order valence-corrected chi connectivity index (χ4v) is 2.18. The minimum atomic E-state index is 0.435. The van der Waals surface area contributed by atoms with Crippen LogP contribution in [0, 0.1) is 0 Å². The smallest absolute Gasteiger partial charge is 0.104 e. The standard InChI is InChI=1S/C10H20N4OS/c16-10(8-12-9-2-1-3-11-9)13-14-4-6-15-7-5-14/h9,11-12H,1-8H2,(H,13,16). The van der Waals surface area contributed by atoms with Gasteiger partial charge in [0.1, 0.15) is 4.99 Å². The number of morpholine rings is 1. The van der Waals surface area contributed by atoms with Crippen LogP contribution < -0.4 is 16.1 Å². The molecule has 2 heterocycles. The Morgan fingerprint density at radius 2 is 2.25 bits per heavy atom. The zero-order chi connectivity index (χ0) is 11.2. The van der Waals surface area contributed by atoms with Crippen LogP contribution >= 0.6 is 12.2 Å². The lowest BCUT2D eigenvalue weighted by molar-refractivity contribution is 0.0250. The molecular weight excluding hydrogens is 224 g/mol. The van der Waals surface area contributed by atoms with Crippen molar-refractivity contribution in [2.24, 2.45) is 0 Å². The van der Waals surface area contributed by atoms with Gasteiger partial charge in [-0.15, -0.1) is 0 Å². The maximum Gasteiger partial charge on any atom is 0.104 e. The van der Waals surface area contributed by atoms with Crippen LogP contribution in [-0.4, -0.2) is 55.6 Å². The van der Waals surface area contributed by atoms with E-state index >= 15 is 0 Å². The summed E-state index contributed by atoms with van der Waals surface area (Å²) >= 11 is 5.29. The number of thiocarbonyl (C=S) groups is 1. The second-order valence-electron chi connectivity index (χ2n) is 4.16. The molecule has 1 unspecified atom stereocenters. The Hall–Kier alpha value is -0.270. The van der Waals surface area contributed by atoms with Gasteiger partial charge in [-0.2, -0.15) is 0 Å². The average molecular weight is 244 g/mol. The summed E-state index contributed by atoms with van der Waals surface area (Å²) < 4.78 is 5.27. The van der Waals surface area contributed by atoms with Crippen LogP contribution in [0.2, 0.25) is 0 Å². The van der Waals surface area contributed by atoms with Gasteiger partial charge in [-0.25, -0.2) is 5.01 Å². The van der Waals surface area contributed by atoms with E-state index in [1.54, 1.807) is 0 Å². The van der Waals surface area contributed by atoms with E-state index in [-0.39, 0.29) is 0 Å². The van der Waals surface area contributed by atoms with Crippen LogP contribution in [0.15, 0.2) is 0 Å². The summed E-state index contributed by atoms with van der Waals surface area (Å²) in [7, 11) is 0. The molecule has 2 fully saturated rings. The van der Waals surface area contributed by atoms with Gasteiger partial charge in [0.15, 0.2) is 0 Å². The number of hydrazine groups is 1. The van der Waals surface area contributed by atoms with E-state index in [0.717, 1.165) is 44.4 Å². The Bertz CT molecular complexity index is 227. The number of rotatable bonds is 4. The summed E-state index contributed by atoms with van der Waals surface area (Å²) in [6, 6.07) is 0. The Morgan fingerprint density at radius 1 is 1.44 bits per heavy atom. The first kappa shape index (κ1) is 12.2. The van der Waals surface area contributed by atoms with Crippen molar-refractivity contribution < 1.29 is 4.74 Å². The van der Waals surface area contributed by atoms with Crippen LogP contribution in [0.4, 0.5) is 0 Å². The molecule has 0 saturated carbocycles. The number of nitrogens with one attached hydrogen (secondary N) is 3. The highest BCUT2D eigenvalue weighted by atomic mass is 32.1. The van der Waals surface area contributed by atoms with E-state index < -0.39 is 0 Å². The molecular formula is C10H20N4OS. The third-order valence-corrected chi connectivity index (χ3v) is 3.10. The molecule has 0 amide bonds. The van der Waals surface area contributed by atoms with E-state index in [1.165, 1.54) is 12.8 Å². The number of ether oxygens (including phenoxy) is 1. The third-order valence-electron chi connectivity index (χ3n) is 2.86. The van der Waals surface area contributed by atoms with Gasteiger partial charge in [0, 0.05) is 19.6 Å². The van der Waals surface area contributed by atoms with Crippen molar-refractivity contribution in [2.45, 2.75) is 19.0 Å². The first-order valence-corrected chi connectivity index (χ1v) is 6.34. The van der Waals surface area contributed by atoms with Crippen molar-refractivity contribution in [1.29, 1.82) is 0 Å². The molecule has 0 aromatic rings. The second kappa shape index (κ2) is 6.46. The molecule has 0 radical (unpaired) electrons. The molecule has 1 atom stereocenters. The van der Waals surface area contributed by atoms with Gasteiger partial charge in [0.2, 0.25) is 0 Å². The molecule has 0 spiro atoms. The van der Waals surface area contributed by atoms with Crippen molar-refractivity contribution in [3.8, 4) is 0 Å². The third kappa shape index (κ3) is 3.95. The van der Waals surface area contributed by atoms with Crippen LogP contribution in [-0.2, 0) is 4.74 Å². The molecule has 2 aliphatic heterocycles. The summed E-state index contributed by atoms with van der Waals surface area (Å²) in [5.74, 6) is 0. The summed E-state index contributed by atoms with van der Waals surface area (Å²) in [5, 5.41) is 8.90. The molecule has 6 heteroatoms. The molecule has 0 aromatic heterocycles. The van der Waals surface area contributed by atoms with Gasteiger partial charge in [0.05, 0.1) is 19.4 Å². The van der Waals surface area contributed by atoms with Crippen LogP contribution in [0.25, 0.3) is 0 Å². The van der Waals surface area contributed by atoms with E-state index in [2.05, 4.69) is 21.1 Å². The fourth-order valence-electron chi connectivity index (χ4n) is 1.97. The Labute approximate surface area is 102 Å². The molecule has 0 aliphatic carbocycles. The van der Waals surface area contributed by atoms with Crippen molar-refractivity contribution >= 4 is 17.2 Å². The topological polar surface area (TPSA) is 48.6 Å². The maximum atomic E-state index is 5.29. The molecule has 2 aliphatic rings. The quantitative estimate of drug-likeness (QED) is 0.577. The van der Waals surface area contributed by atoms with E-state index in [0.29, 0.717) is 6.17 Å². The van der Waals surface area contributed by atoms with E-state index in [9.17, 15) is 0 Å². The van der Waals surface area contributed by atoms with Crippen LogP contribution in [0.1, 0.15) is 12.8 Å². The molecule has 16 heavy (non-hydrogen) atoms. The highest BCUT2D eigenvalue weighted by Gasteiger charge is 2.14. The summed E-state index contributed by atoms with van der Waals surface area (Å²) in [6.07, 6.45) is 2.88. The van der Waals surface area contributed by atoms with E-state index in [1.807, 2.05) is 0 Å². The minimum Gasteiger partial charge on any atom is -0.379 e. The molecule has 2 rings (SSSR count). The number of hydrogen-bond acceptors (Lipinski definition) is 5. The lowest BCUT2D eigenvalue weighted by atomic mass is 10.3. The maximum absolute atomic E-state index is 5.29. The van der Waals surface area contributed by atoms with Gasteiger partial charge >= 0.3 is 0 Å². The highest BCUT2D eigenvalue weighted by Crippen LogP contribution is 2.00. The zero-order valence-corrected chi connectivity index (χ0v) is 10.3. The average Bonchev–Trinajstić information content (AvgIpc) is 2.81. The first-order valence-electron chi connectivity index (χ1n) is 5.93. The summed E-state index contributed by atoms with van der Waals surface area (Å²) in [5.41, 5.74) is 3.24. The van der Waals surface area contributed by atoms with E-state index in [4.69, 9.17) is 17.0 Å². The van der Waals surface area contributed by atoms with Crippen molar-refractivity contribution in [3.63, 3.8) is 0 Å². The van der Waals surface area contributed by atoms with Gasteiger partial charge in [-0.1, -0.05) is 12.2 Å². The molecule has 3 N–H and O–H groups in total. The zero-order valence-electron chi connectivity index (χ0n) is 9.50.